The zero-order chi connectivity index (χ0) is 18.3. The molecule has 0 atom stereocenters. The molecule has 0 aliphatic rings. The second-order valence-electron chi connectivity index (χ2n) is 6.11. The summed E-state index contributed by atoms with van der Waals surface area (Å²) in [4.78, 5) is 8.94. The van der Waals surface area contributed by atoms with Crippen molar-refractivity contribution >= 4 is 0 Å². The van der Waals surface area contributed by atoms with Gasteiger partial charge in [0, 0.05) is 6.61 Å². The molecule has 0 spiro atoms. The number of unbranched alkanes of at least 4 members (excludes halogenated alkanes) is 9. The molecule has 0 heterocycles. The van der Waals surface area contributed by atoms with E-state index in [0.29, 0.717) is 46.2 Å². The average Bonchev–Trinajstić information content (AvgIpc) is 2.63. The third kappa shape index (κ3) is 23.7. The largest absolute Gasteiger partial charge is 0.379 e. The van der Waals surface area contributed by atoms with E-state index in [4.69, 9.17) is 26.0 Å². The Morgan fingerprint density at radius 2 is 0.640 bits per heavy atom. The maximum absolute atomic E-state index is 5.55. The SMILES string of the molecule is NOCCCCCCCCCCCCOCCOCCOCCON. The van der Waals surface area contributed by atoms with E-state index >= 15 is 0 Å². The van der Waals surface area contributed by atoms with Gasteiger partial charge in [-0.2, -0.15) is 0 Å². The van der Waals surface area contributed by atoms with Crippen molar-refractivity contribution in [3.05, 3.63) is 0 Å². The van der Waals surface area contributed by atoms with Gasteiger partial charge in [0.05, 0.1) is 46.2 Å². The van der Waals surface area contributed by atoms with Crippen LogP contribution in [0.2, 0.25) is 0 Å². The quantitative estimate of drug-likeness (QED) is 0.225. The second-order valence-corrected chi connectivity index (χ2v) is 6.11. The summed E-state index contributed by atoms with van der Waals surface area (Å²) in [5, 5.41) is 0. The van der Waals surface area contributed by atoms with Gasteiger partial charge in [0.25, 0.3) is 0 Å². The van der Waals surface area contributed by atoms with Gasteiger partial charge in [-0.25, -0.2) is 11.8 Å². The molecule has 0 aromatic carbocycles. The van der Waals surface area contributed by atoms with Crippen LogP contribution >= 0.6 is 0 Å². The van der Waals surface area contributed by atoms with E-state index in [-0.39, 0.29) is 0 Å². The minimum absolute atomic E-state index is 0.411. The van der Waals surface area contributed by atoms with Crippen molar-refractivity contribution in [2.75, 3.05) is 52.9 Å². The first kappa shape index (κ1) is 24.7. The van der Waals surface area contributed by atoms with Crippen molar-refractivity contribution < 1.29 is 23.9 Å². The van der Waals surface area contributed by atoms with Gasteiger partial charge >= 0.3 is 0 Å². The van der Waals surface area contributed by atoms with Gasteiger partial charge in [0.2, 0.25) is 0 Å². The van der Waals surface area contributed by atoms with Crippen molar-refractivity contribution in [2.45, 2.75) is 64.2 Å². The molecule has 4 N–H and O–H groups in total. The molecule has 0 amide bonds. The lowest BCUT2D eigenvalue weighted by Crippen LogP contribution is -2.13. The number of hydrogen-bond donors (Lipinski definition) is 2. The van der Waals surface area contributed by atoms with Gasteiger partial charge in [-0.3, -0.25) is 0 Å². The fraction of sp³-hybridized carbons (Fsp3) is 1.00. The molecule has 152 valence electrons. The predicted octanol–water partition coefficient (Wildman–Crippen LogP) is 2.72. The van der Waals surface area contributed by atoms with Crippen LogP contribution in [0.1, 0.15) is 64.2 Å². The Morgan fingerprint density at radius 1 is 0.320 bits per heavy atom. The van der Waals surface area contributed by atoms with Gasteiger partial charge in [-0.15, -0.1) is 0 Å². The molecule has 0 saturated carbocycles. The van der Waals surface area contributed by atoms with Crippen LogP contribution in [0.3, 0.4) is 0 Å². The van der Waals surface area contributed by atoms with Crippen LogP contribution in [0.5, 0.6) is 0 Å². The van der Waals surface area contributed by atoms with Crippen LogP contribution in [-0.2, 0) is 23.9 Å². The first-order chi connectivity index (χ1) is 12.4. The molecule has 0 aromatic rings. The van der Waals surface area contributed by atoms with Crippen molar-refractivity contribution in [3.8, 4) is 0 Å². The number of rotatable bonds is 22. The average molecular weight is 365 g/mol. The lowest BCUT2D eigenvalue weighted by molar-refractivity contribution is -0.00237. The van der Waals surface area contributed by atoms with E-state index in [1.165, 1.54) is 51.4 Å². The topological polar surface area (TPSA) is 98.2 Å². The van der Waals surface area contributed by atoms with Gasteiger partial charge in [-0.05, 0) is 12.8 Å². The Labute approximate surface area is 153 Å². The molecule has 0 fully saturated rings. The number of ether oxygens (including phenoxy) is 3. The van der Waals surface area contributed by atoms with E-state index in [1.807, 2.05) is 0 Å². The van der Waals surface area contributed by atoms with Gasteiger partial charge in [-0.1, -0.05) is 51.4 Å². The molecule has 0 aliphatic carbocycles. The van der Waals surface area contributed by atoms with Crippen LogP contribution in [0, 0.1) is 0 Å². The molecule has 7 nitrogen and oxygen atoms in total. The van der Waals surface area contributed by atoms with Crippen LogP contribution in [0.25, 0.3) is 0 Å². The highest BCUT2D eigenvalue weighted by Gasteiger charge is 1.95. The monoisotopic (exact) mass is 364 g/mol. The third-order valence-corrected chi connectivity index (χ3v) is 3.89. The predicted molar refractivity (Wildman–Crippen MR) is 98.9 cm³/mol. The standard InChI is InChI=1S/C18H40N2O5/c19-24-12-10-8-6-4-2-1-3-5-7-9-11-21-13-14-22-15-16-23-17-18-25-20/h1-20H2. The highest BCUT2D eigenvalue weighted by molar-refractivity contribution is 4.48. The van der Waals surface area contributed by atoms with Crippen molar-refractivity contribution in [1.82, 2.24) is 0 Å². The van der Waals surface area contributed by atoms with Gasteiger partial charge in [0.1, 0.15) is 0 Å². The summed E-state index contributed by atoms with van der Waals surface area (Å²) in [7, 11) is 0. The van der Waals surface area contributed by atoms with Gasteiger partial charge < -0.3 is 23.9 Å². The van der Waals surface area contributed by atoms with E-state index in [2.05, 4.69) is 9.68 Å². The molecule has 7 heteroatoms. The van der Waals surface area contributed by atoms with E-state index < -0.39 is 0 Å². The van der Waals surface area contributed by atoms with Gasteiger partial charge in [0.15, 0.2) is 0 Å². The highest BCUT2D eigenvalue weighted by atomic mass is 16.6. The Bertz CT molecular complexity index is 214. The maximum atomic E-state index is 5.55. The third-order valence-electron chi connectivity index (χ3n) is 3.89. The van der Waals surface area contributed by atoms with Crippen LogP contribution < -0.4 is 11.8 Å². The Kier molecular flexibility index (Phi) is 23.5. The fourth-order valence-corrected chi connectivity index (χ4v) is 2.45. The minimum Gasteiger partial charge on any atom is -0.379 e. The van der Waals surface area contributed by atoms with Crippen molar-refractivity contribution in [1.29, 1.82) is 0 Å². The molecule has 0 radical (unpaired) electrons. The zero-order valence-corrected chi connectivity index (χ0v) is 15.9. The normalized spacial score (nSPS) is 11.3. The lowest BCUT2D eigenvalue weighted by atomic mass is 10.1. The molecule has 0 rings (SSSR count). The van der Waals surface area contributed by atoms with Crippen molar-refractivity contribution in [2.24, 2.45) is 11.8 Å². The molecular weight excluding hydrogens is 324 g/mol. The highest BCUT2D eigenvalue weighted by Crippen LogP contribution is 2.10. The molecule has 0 unspecified atom stereocenters. The molecule has 0 aromatic heterocycles. The summed E-state index contributed by atoms with van der Waals surface area (Å²) in [6, 6.07) is 0. The molecule has 0 aliphatic heterocycles. The molecule has 25 heavy (non-hydrogen) atoms. The summed E-state index contributed by atoms with van der Waals surface area (Å²) >= 11 is 0. The Hall–Kier alpha value is -0.280. The summed E-state index contributed by atoms with van der Waals surface area (Å²) in [5.41, 5.74) is 0. The van der Waals surface area contributed by atoms with Crippen molar-refractivity contribution in [3.63, 3.8) is 0 Å². The Balaban J connectivity index is 2.94. The summed E-state index contributed by atoms with van der Waals surface area (Å²) < 4.78 is 16.2. The molecule has 0 bridgehead atoms. The second kappa shape index (κ2) is 23.7. The summed E-state index contributed by atoms with van der Waals surface area (Å²) in [5.74, 6) is 9.87. The number of hydrogen-bond acceptors (Lipinski definition) is 7. The van der Waals surface area contributed by atoms with Crippen LogP contribution in [0.15, 0.2) is 0 Å². The number of nitrogens with two attached hydrogens (primary N) is 2. The van der Waals surface area contributed by atoms with E-state index in [9.17, 15) is 0 Å². The smallest absolute Gasteiger partial charge is 0.0913 e. The first-order valence-electron chi connectivity index (χ1n) is 9.78. The fourth-order valence-electron chi connectivity index (χ4n) is 2.45. The zero-order valence-electron chi connectivity index (χ0n) is 15.9. The minimum atomic E-state index is 0.411. The lowest BCUT2D eigenvalue weighted by Gasteiger charge is -2.06. The molecule has 0 saturated heterocycles. The first-order valence-corrected chi connectivity index (χ1v) is 9.78. The van der Waals surface area contributed by atoms with E-state index in [0.717, 1.165) is 19.4 Å². The maximum Gasteiger partial charge on any atom is 0.0913 e. The van der Waals surface area contributed by atoms with E-state index in [1.54, 1.807) is 0 Å². The van der Waals surface area contributed by atoms with Crippen LogP contribution in [-0.4, -0.2) is 52.9 Å². The summed E-state index contributed by atoms with van der Waals surface area (Å²) in [6.07, 6.45) is 12.7. The Morgan fingerprint density at radius 3 is 1.08 bits per heavy atom. The molecular formula is C18H40N2O5. The van der Waals surface area contributed by atoms with Crippen LogP contribution in [0.4, 0.5) is 0 Å². The summed E-state index contributed by atoms with van der Waals surface area (Å²) in [6.45, 7) is 4.84.